The Morgan fingerprint density at radius 3 is 2.43 bits per heavy atom. The Hall–Kier alpha value is -1.55. The van der Waals surface area contributed by atoms with E-state index in [1.165, 1.54) is 18.2 Å². The minimum atomic E-state index is -0.480. The predicted octanol–water partition coefficient (Wildman–Crippen LogP) is 4.06. The number of aliphatic imine (C=N–C) groups is 1. The third-order valence-electron chi connectivity index (χ3n) is 3.36. The predicted molar refractivity (Wildman–Crippen MR) is 84.7 cm³/mol. The van der Waals surface area contributed by atoms with Gasteiger partial charge < -0.3 is 5.73 Å². The van der Waals surface area contributed by atoms with Crippen LogP contribution in [0.15, 0.2) is 41.2 Å². The smallest absolute Gasteiger partial charge is 0.140 e. The first-order chi connectivity index (χ1) is 9.90. The van der Waals surface area contributed by atoms with E-state index in [1.807, 2.05) is 20.8 Å². The van der Waals surface area contributed by atoms with E-state index in [-0.39, 0.29) is 11.6 Å². The van der Waals surface area contributed by atoms with Gasteiger partial charge in [-0.15, -0.1) is 0 Å². The summed E-state index contributed by atoms with van der Waals surface area (Å²) in [6, 6.07) is 6.26. The second-order valence-corrected chi connectivity index (χ2v) is 5.63. The maximum atomic E-state index is 14.3. The van der Waals surface area contributed by atoms with Crippen molar-refractivity contribution in [3.63, 3.8) is 0 Å². The van der Waals surface area contributed by atoms with E-state index in [4.69, 9.17) is 5.73 Å². The van der Waals surface area contributed by atoms with Crippen molar-refractivity contribution >= 4 is 5.71 Å². The lowest BCUT2D eigenvalue weighted by Crippen LogP contribution is -2.33. The molecule has 0 amide bonds. The van der Waals surface area contributed by atoms with Crippen LogP contribution >= 0.6 is 0 Å². The Bertz CT molecular complexity index is 502. The number of hydrogen-bond donors (Lipinski definition) is 1. The van der Waals surface area contributed by atoms with Gasteiger partial charge in [0.1, 0.15) is 11.6 Å². The number of hydrogen-bond acceptors (Lipinski definition) is 2. The molecule has 21 heavy (non-hydrogen) atoms. The van der Waals surface area contributed by atoms with E-state index in [9.17, 15) is 8.78 Å². The van der Waals surface area contributed by atoms with Crippen molar-refractivity contribution in [2.45, 2.75) is 33.6 Å². The zero-order valence-electron chi connectivity index (χ0n) is 13.0. The number of nitrogens with zero attached hydrogens (tertiary/aromatic N) is 1. The lowest BCUT2D eigenvalue weighted by atomic mass is 9.86. The Morgan fingerprint density at radius 1 is 1.29 bits per heavy atom. The molecule has 0 aromatic heterocycles. The number of allylic oxidation sites excluding steroid dienone is 2. The molecule has 0 spiro atoms. The summed E-state index contributed by atoms with van der Waals surface area (Å²) in [6.45, 7) is 6.51. The standard InChI is InChI=1S/C17H24F2N2/c1-4-21-16(17(2,3)12-20)15(19)7-5-6-13-8-10-14(18)11-9-13/h7-11H,4-6,12,20H2,1-3H3/b15-7+,21-16+. The van der Waals surface area contributed by atoms with E-state index in [1.54, 1.807) is 12.1 Å². The van der Waals surface area contributed by atoms with E-state index >= 15 is 0 Å². The summed E-state index contributed by atoms with van der Waals surface area (Å²) < 4.78 is 27.1. The highest BCUT2D eigenvalue weighted by atomic mass is 19.1. The first-order valence-corrected chi connectivity index (χ1v) is 7.26. The van der Waals surface area contributed by atoms with Crippen LogP contribution in [-0.4, -0.2) is 18.8 Å². The van der Waals surface area contributed by atoms with Crippen LogP contribution in [0.3, 0.4) is 0 Å². The summed E-state index contributed by atoms with van der Waals surface area (Å²) in [6.07, 6.45) is 2.74. The zero-order valence-corrected chi connectivity index (χ0v) is 13.0. The fraction of sp³-hybridized carbons (Fsp3) is 0.471. The average Bonchev–Trinajstić information content (AvgIpc) is 2.46. The minimum absolute atomic E-state index is 0.262. The van der Waals surface area contributed by atoms with Crippen LogP contribution in [0.1, 0.15) is 32.8 Å². The maximum absolute atomic E-state index is 14.3. The fourth-order valence-electron chi connectivity index (χ4n) is 1.98. The molecule has 0 aliphatic carbocycles. The molecule has 1 aromatic carbocycles. The highest BCUT2D eigenvalue weighted by Crippen LogP contribution is 2.23. The molecule has 2 N–H and O–H groups in total. The van der Waals surface area contributed by atoms with Gasteiger partial charge in [-0.25, -0.2) is 8.78 Å². The van der Waals surface area contributed by atoms with Crippen LogP contribution < -0.4 is 5.73 Å². The molecule has 0 bridgehead atoms. The number of aryl methyl sites for hydroxylation is 1. The summed E-state index contributed by atoms with van der Waals surface area (Å²) in [4.78, 5) is 4.25. The van der Waals surface area contributed by atoms with Crippen molar-refractivity contribution in [1.82, 2.24) is 0 Å². The molecule has 0 saturated heterocycles. The van der Waals surface area contributed by atoms with Crippen molar-refractivity contribution in [2.24, 2.45) is 16.1 Å². The van der Waals surface area contributed by atoms with Gasteiger partial charge >= 0.3 is 0 Å². The van der Waals surface area contributed by atoms with Crippen LogP contribution in [0.4, 0.5) is 8.78 Å². The Morgan fingerprint density at radius 2 is 1.90 bits per heavy atom. The van der Waals surface area contributed by atoms with Gasteiger partial charge in [0, 0.05) is 18.5 Å². The summed E-state index contributed by atoms with van der Waals surface area (Å²) in [5.41, 5.74) is 6.62. The maximum Gasteiger partial charge on any atom is 0.140 e. The lowest BCUT2D eigenvalue weighted by Gasteiger charge is -2.24. The van der Waals surface area contributed by atoms with E-state index in [2.05, 4.69) is 4.99 Å². The van der Waals surface area contributed by atoms with Crippen molar-refractivity contribution in [2.75, 3.05) is 13.1 Å². The molecule has 2 nitrogen and oxygen atoms in total. The second kappa shape index (κ2) is 8.03. The number of benzene rings is 1. The molecule has 0 heterocycles. The molecule has 1 rings (SSSR count). The fourth-order valence-corrected chi connectivity index (χ4v) is 1.98. The zero-order chi connectivity index (χ0) is 15.9. The Kier molecular flexibility index (Phi) is 6.69. The molecular formula is C17H24F2N2. The molecule has 0 atom stereocenters. The molecule has 0 fully saturated rings. The molecule has 0 unspecified atom stereocenters. The van der Waals surface area contributed by atoms with Gasteiger partial charge in [0.25, 0.3) is 0 Å². The van der Waals surface area contributed by atoms with Crippen molar-refractivity contribution < 1.29 is 8.78 Å². The largest absolute Gasteiger partial charge is 0.330 e. The Labute approximate surface area is 125 Å². The summed E-state index contributed by atoms with van der Waals surface area (Å²) >= 11 is 0. The highest BCUT2D eigenvalue weighted by molar-refractivity contribution is 6.02. The van der Waals surface area contributed by atoms with E-state index in [0.717, 1.165) is 5.56 Å². The molecule has 0 radical (unpaired) electrons. The van der Waals surface area contributed by atoms with Crippen LogP contribution in [-0.2, 0) is 6.42 Å². The third-order valence-corrected chi connectivity index (χ3v) is 3.36. The molecule has 0 saturated carbocycles. The summed E-state index contributed by atoms with van der Waals surface area (Å²) in [5.74, 6) is -0.572. The molecule has 116 valence electrons. The van der Waals surface area contributed by atoms with Crippen molar-refractivity contribution in [1.29, 1.82) is 0 Å². The number of halogens is 2. The molecule has 0 aliphatic rings. The Balaban J connectivity index is 2.73. The van der Waals surface area contributed by atoms with Crippen LogP contribution in [0.25, 0.3) is 0 Å². The SMILES string of the molecule is CC/N=C(\C(F)=C/CCc1ccc(F)cc1)C(C)(C)CN. The molecule has 0 aliphatic heterocycles. The van der Waals surface area contributed by atoms with Crippen molar-refractivity contribution in [3.8, 4) is 0 Å². The topological polar surface area (TPSA) is 38.4 Å². The highest BCUT2D eigenvalue weighted by Gasteiger charge is 2.26. The summed E-state index contributed by atoms with van der Waals surface area (Å²) in [5, 5.41) is 0. The monoisotopic (exact) mass is 294 g/mol. The van der Waals surface area contributed by atoms with Gasteiger partial charge in [0.2, 0.25) is 0 Å². The quantitative estimate of drug-likeness (QED) is 0.757. The van der Waals surface area contributed by atoms with Gasteiger partial charge in [-0.1, -0.05) is 26.0 Å². The van der Waals surface area contributed by atoms with Gasteiger partial charge in [0.05, 0.1) is 5.71 Å². The van der Waals surface area contributed by atoms with E-state index < -0.39 is 5.41 Å². The van der Waals surface area contributed by atoms with Crippen molar-refractivity contribution in [3.05, 3.63) is 47.5 Å². The third kappa shape index (κ3) is 5.38. The average molecular weight is 294 g/mol. The van der Waals surface area contributed by atoms with Gasteiger partial charge in [-0.2, -0.15) is 0 Å². The minimum Gasteiger partial charge on any atom is -0.330 e. The molecule has 4 heteroatoms. The van der Waals surface area contributed by atoms with Gasteiger partial charge in [-0.05, 0) is 43.5 Å². The van der Waals surface area contributed by atoms with E-state index in [0.29, 0.717) is 31.6 Å². The van der Waals surface area contributed by atoms with Gasteiger partial charge in [0.15, 0.2) is 0 Å². The van der Waals surface area contributed by atoms with Crippen LogP contribution in [0.2, 0.25) is 0 Å². The van der Waals surface area contributed by atoms with Gasteiger partial charge in [-0.3, -0.25) is 4.99 Å². The van der Waals surface area contributed by atoms with Crippen LogP contribution in [0, 0.1) is 11.2 Å². The number of rotatable bonds is 7. The first kappa shape index (κ1) is 17.5. The summed E-state index contributed by atoms with van der Waals surface area (Å²) in [7, 11) is 0. The molecule has 1 aromatic rings. The first-order valence-electron chi connectivity index (χ1n) is 7.26. The number of nitrogens with two attached hydrogens (primary N) is 1. The lowest BCUT2D eigenvalue weighted by molar-refractivity contribution is 0.516. The molecular weight excluding hydrogens is 270 g/mol. The second-order valence-electron chi connectivity index (χ2n) is 5.63. The van der Waals surface area contributed by atoms with Crippen LogP contribution in [0.5, 0.6) is 0 Å². The normalized spacial score (nSPS) is 13.6.